The number of fused-ring (bicyclic) bond motifs is 1. The van der Waals surface area contributed by atoms with Crippen LogP contribution in [0.25, 0.3) is 5.78 Å². The Hall–Kier alpha value is -3.02. The Labute approximate surface area is 163 Å². The van der Waals surface area contributed by atoms with E-state index in [0.717, 1.165) is 25.0 Å². The van der Waals surface area contributed by atoms with Crippen LogP contribution in [-0.2, 0) is 20.7 Å². The molecule has 0 spiro atoms. The number of aromatic nitrogens is 4. The van der Waals surface area contributed by atoms with E-state index in [9.17, 15) is 14.9 Å². The highest BCUT2D eigenvalue weighted by Gasteiger charge is 2.39. The first-order valence-electron chi connectivity index (χ1n) is 9.37. The number of hydrogen-bond acceptors (Lipinski definition) is 7. The number of esters is 1. The van der Waals surface area contributed by atoms with Crippen molar-refractivity contribution in [3.05, 3.63) is 23.3 Å². The summed E-state index contributed by atoms with van der Waals surface area (Å²) >= 11 is 0. The second-order valence-electron chi connectivity index (χ2n) is 7.23. The van der Waals surface area contributed by atoms with Crippen molar-refractivity contribution >= 4 is 17.7 Å². The molecule has 1 amide bonds. The van der Waals surface area contributed by atoms with Crippen LogP contribution in [0.15, 0.2) is 6.33 Å². The van der Waals surface area contributed by atoms with E-state index >= 15 is 0 Å². The van der Waals surface area contributed by atoms with Crippen molar-refractivity contribution in [1.82, 2.24) is 24.5 Å². The topological polar surface area (TPSA) is 113 Å². The molecular weight excluding hydrogens is 360 g/mol. The second kappa shape index (κ2) is 7.92. The minimum absolute atomic E-state index is 0.0130. The van der Waals surface area contributed by atoms with Gasteiger partial charge in [0.05, 0.1) is 12.5 Å². The molecule has 0 N–H and O–H groups in total. The number of carbonyl (C=O) groups is 2. The maximum absolute atomic E-state index is 12.5. The van der Waals surface area contributed by atoms with Gasteiger partial charge in [-0.25, -0.2) is 9.50 Å². The average Bonchev–Trinajstić information content (AvgIpc) is 3.17. The third kappa shape index (κ3) is 3.67. The number of nitriles is 1. The van der Waals surface area contributed by atoms with E-state index in [1.54, 1.807) is 18.5 Å². The van der Waals surface area contributed by atoms with Crippen molar-refractivity contribution in [2.75, 3.05) is 13.7 Å². The van der Waals surface area contributed by atoms with Crippen LogP contribution in [0.1, 0.15) is 49.1 Å². The largest absolute Gasteiger partial charge is 0.455 e. The van der Waals surface area contributed by atoms with Crippen LogP contribution in [0.2, 0.25) is 0 Å². The Morgan fingerprint density at radius 3 is 2.71 bits per heavy atom. The molecule has 2 heterocycles. The van der Waals surface area contributed by atoms with Crippen molar-refractivity contribution < 1.29 is 14.3 Å². The zero-order valence-corrected chi connectivity index (χ0v) is 16.4. The molecule has 9 heteroatoms. The van der Waals surface area contributed by atoms with Crippen LogP contribution < -0.4 is 0 Å². The van der Waals surface area contributed by atoms with Gasteiger partial charge >= 0.3 is 5.97 Å². The second-order valence-corrected chi connectivity index (χ2v) is 7.23. The molecule has 28 heavy (non-hydrogen) atoms. The Kier molecular flexibility index (Phi) is 5.58. The Morgan fingerprint density at radius 2 is 2.04 bits per heavy atom. The average molecular weight is 384 g/mol. The Morgan fingerprint density at radius 1 is 1.32 bits per heavy atom. The van der Waals surface area contributed by atoms with E-state index in [1.165, 1.54) is 11.2 Å². The van der Waals surface area contributed by atoms with Gasteiger partial charge in [-0.15, -0.1) is 0 Å². The molecule has 0 aromatic carbocycles. The lowest BCUT2D eigenvalue weighted by atomic mass is 9.81. The van der Waals surface area contributed by atoms with Crippen LogP contribution in [-0.4, -0.2) is 55.6 Å². The van der Waals surface area contributed by atoms with Crippen LogP contribution in [0.3, 0.4) is 0 Å². The predicted molar refractivity (Wildman–Crippen MR) is 99.1 cm³/mol. The monoisotopic (exact) mass is 384 g/mol. The quantitative estimate of drug-likeness (QED) is 0.718. The van der Waals surface area contributed by atoms with E-state index in [2.05, 4.69) is 21.1 Å². The molecule has 0 aliphatic heterocycles. The van der Waals surface area contributed by atoms with Gasteiger partial charge in [0.1, 0.15) is 11.9 Å². The molecule has 9 nitrogen and oxygen atoms in total. The molecule has 1 fully saturated rings. The maximum Gasteiger partial charge on any atom is 0.310 e. The third-order valence-electron chi connectivity index (χ3n) is 5.57. The summed E-state index contributed by atoms with van der Waals surface area (Å²) < 4.78 is 6.76. The minimum Gasteiger partial charge on any atom is -0.455 e. The van der Waals surface area contributed by atoms with Gasteiger partial charge in [0, 0.05) is 24.0 Å². The number of carbonyl (C=O) groups excluding carboxylic acids is 2. The number of nitrogens with zero attached hydrogens (tertiary/aromatic N) is 6. The van der Waals surface area contributed by atoms with Crippen LogP contribution in [0.4, 0.5) is 0 Å². The summed E-state index contributed by atoms with van der Waals surface area (Å²) in [5.41, 5.74) is 1.33. The van der Waals surface area contributed by atoms with E-state index in [1.807, 2.05) is 6.92 Å². The summed E-state index contributed by atoms with van der Waals surface area (Å²) in [6, 6.07) is 2.30. The first kappa shape index (κ1) is 19.7. The van der Waals surface area contributed by atoms with Crippen LogP contribution >= 0.6 is 0 Å². The Bertz CT molecular complexity index is 939. The molecule has 0 saturated heterocycles. The van der Waals surface area contributed by atoms with Gasteiger partial charge in [-0.1, -0.05) is 19.3 Å². The van der Waals surface area contributed by atoms with E-state index in [-0.39, 0.29) is 18.9 Å². The molecule has 0 radical (unpaired) electrons. The van der Waals surface area contributed by atoms with Crippen LogP contribution in [0, 0.1) is 25.2 Å². The fourth-order valence-electron chi connectivity index (χ4n) is 3.74. The van der Waals surface area contributed by atoms with Crippen molar-refractivity contribution in [3.8, 4) is 6.07 Å². The van der Waals surface area contributed by atoms with Gasteiger partial charge < -0.3 is 9.64 Å². The molecular formula is C19H24N6O3. The number of hydrogen-bond donors (Lipinski definition) is 0. The number of likely N-dealkylation sites (N-methyl/N-ethyl adjacent to an activating group) is 1. The first-order chi connectivity index (χ1) is 13.4. The molecule has 3 rings (SSSR count). The summed E-state index contributed by atoms with van der Waals surface area (Å²) in [7, 11) is 1.61. The SMILES string of the molecule is Cc1nc2ncnn2c(C)c1CC(=O)OCC(=O)N(C)C1(C#N)CCCCC1. The predicted octanol–water partition coefficient (Wildman–Crippen LogP) is 1.51. The van der Waals surface area contributed by atoms with E-state index in [0.29, 0.717) is 29.9 Å². The molecule has 0 atom stereocenters. The molecule has 0 unspecified atom stereocenters. The number of aryl methyl sites for hydroxylation is 2. The van der Waals surface area contributed by atoms with Crippen molar-refractivity contribution in [3.63, 3.8) is 0 Å². The third-order valence-corrected chi connectivity index (χ3v) is 5.57. The summed E-state index contributed by atoms with van der Waals surface area (Å²) in [5, 5.41) is 13.7. The van der Waals surface area contributed by atoms with Crippen molar-refractivity contribution in [1.29, 1.82) is 5.26 Å². The molecule has 1 aliphatic carbocycles. The fourth-order valence-corrected chi connectivity index (χ4v) is 3.74. The number of amides is 1. The molecule has 2 aromatic heterocycles. The molecule has 148 valence electrons. The lowest BCUT2D eigenvalue weighted by Gasteiger charge is -2.38. The van der Waals surface area contributed by atoms with Gasteiger partial charge in [0.25, 0.3) is 11.7 Å². The normalized spacial score (nSPS) is 15.8. The van der Waals surface area contributed by atoms with Crippen LogP contribution in [0.5, 0.6) is 0 Å². The summed E-state index contributed by atoms with van der Waals surface area (Å²) in [4.78, 5) is 34.6. The van der Waals surface area contributed by atoms with Gasteiger partial charge in [-0.05, 0) is 26.7 Å². The van der Waals surface area contributed by atoms with E-state index in [4.69, 9.17) is 4.74 Å². The minimum atomic E-state index is -0.795. The lowest BCUT2D eigenvalue weighted by Crippen LogP contribution is -2.51. The fraction of sp³-hybridized carbons (Fsp3) is 0.579. The number of rotatable bonds is 5. The van der Waals surface area contributed by atoms with Crippen molar-refractivity contribution in [2.24, 2.45) is 0 Å². The molecule has 0 bridgehead atoms. The molecule has 1 aliphatic rings. The number of ether oxygens (including phenoxy) is 1. The Balaban J connectivity index is 1.63. The highest BCUT2D eigenvalue weighted by atomic mass is 16.5. The summed E-state index contributed by atoms with van der Waals surface area (Å²) in [6.45, 7) is 3.25. The van der Waals surface area contributed by atoms with Gasteiger partial charge in [0.15, 0.2) is 6.61 Å². The highest BCUT2D eigenvalue weighted by molar-refractivity contribution is 5.82. The smallest absolute Gasteiger partial charge is 0.310 e. The first-order valence-corrected chi connectivity index (χ1v) is 9.37. The standard InChI is InChI=1S/C19H24N6O3/c1-13-15(14(2)25-18(23-13)21-12-22-25)9-17(27)28-10-16(26)24(3)19(11-20)7-5-4-6-8-19/h12H,4-10H2,1-3H3. The van der Waals surface area contributed by atoms with Gasteiger partial charge in [0.2, 0.25) is 0 Å². The molecule has 1 saturated carbocycles. The highest BCUT2D eigenvalue weighted by Crippen LogP contribution is 2.32. The molecule has 2 aromatic rings. The van der Waals surface area contributed by atoms with Gasteiger partial charge in [-0.3, -0.25) is 9.59 Å². The van der Waals surface area contributed by atoms with E-state index < -0.39 is 11.5 Å². The zero-order valence-electron chi connectivity index (χ0n) is 16.4. The zero-order chi connectivity index (χ0) is 20.3. The van der Waals surface area contributed by atoms with Gasteiger partial charge in [-0.2, -0.15) is 15.3 Å². The summed E-state index contributed by atoms with van der Waals surface area (Å²) in [6.07, 6.45) is 5.61. The summed E-state index contributed by atoms with van der Waals surface area (Å²) in [5.74, 6) is -0.419. The van der Waals surface area contributed by atoms with Crippen molar-refractivity contribution in [2.45, 2.75) is 57.9 Å². The maximum atomic E-state index is 12.5. The lowest BCUT2D eigenvalue weighted by molar-refractivity contribution is -0.153.